The van der Waals surface area contributed by atoms with Gasteiger partial charge in [0.25, 0.3) is 0 Å². The maximum Gasteiger partial charge on any atom is 0.000496 e. The van der Waals surface area contributed by atoms with Gasteiger partial charge in [0, 0.05) is 34.1 Å². The third kappa shape index (κ3) is 7.08. The van der Waals surface area contributed by atoms with Crippen molar-refractivity contribution in [2.24, 2.45) is 0 Å². The third-order valence-corrected chi connectivity index (χ3v) is 2.82. The summed E-state index contributed by atoms with van der Waals surface area (Å²) in [7, 11) is 0. The van der Waals surface area contributed by atoms with Crippen LogP contribution in [0.25, 0.3) is 11.1 Å². The van der Waals surface area contributed by atoms with Crippen molar-refractivity contribution in [1.82, 2.24) is 4.98 Å². The molecule has 1 N–H and O–H groups in total. The van der Waals surface area contributed by atoms with E-state index in [9.17, 15) is 0 Å². The van der Waals surface area contributed by atoms with E-state index in [2.05, 4.69) is 53.5 Å². The van der Waals surface area contributed by atoms with Crippen LogP contribution >= 0.6 is 0 Å². The monoisotopic (exact) mass is 321 g/mol. The number of aromatic nitrogens is 1. The minimum absolute atomic E-state index is 0. The molecule has 0 fully saturated rings. The van der Waals surface area contributed by atoms with E-state index < -0.39 is 0 Å². The molecule has 1 aromatic heterocycles. The first-order valence-corrected chi connectivity index (χ1v) is 6.98. The Hall–Kier alpha value is -2.09. The molecule has 1 heterocycles. The molecular weight excluding hydrogens is 302 g/mol. The summed E-state index contributed by atoms with van der Waals surface area (Å²) in [6.45, 7) is 0. The van der Waals surface area contributed by atoms with Crippen LogP contribution in [0.5, 0.6) is 0 Å². The molecule has 0 bridgehead atoms. The van der Waals surface area contributed by atoms with Crippen molar-refractivity contribution in [1.29, 1.82) is 0 Å². The molecule has 4 rings (SSSR count). The van der Waals surface area contributed by atoms with E-state index in [0.29, 0.717) is 0 Å². The molecule has 1 nitrogen and oxygen atoms in total. The Balaban J connectivity index is 0.000000185. The number of nitrogens with one attached hydrogen (secondary N) is 1. The average Bonchev–Trinajstić information content (AvgIpc) is 3.35. The van der Waals surface area contributed by atoms with Crippen LogP contribution in [0.1, 0.15) is 0 Å². The van der Waals surface area contributed by atoms with Crippen molar-refractivity contribution in [2.75, 3.05) is 0 Å². The molecule has 0 aliphatic rings. The van der Waals surface area contributed by atoms with Gasteiger partial charge < -0.3 is 35.3 Å². The first kappa shape index (κ1) is 18.0. The largest absolute Gasteiger partial charge is 0.748 e. The number of H-pyrrole nitrogens is 1. The van der Waals surface area contributed by atoms with Crippen molar-refractivity contribution >= 4 is 0 Å². The fourth-order valence-electron chi connectivity index (χ4n) is 1.80. The molecule has 0 amide bonds. The van der Waals surface area contributed by atoms with Crippen LogP contribution in [0.2, 0.25) is 0 Å². The zero-order valence-corrected chi connectivity index (χ0v) is 14.0. The number of benzene rings is 1. The van der Waals surface area contributed by atoms with E-state index in [-0.39, 0.29) is 21.7 Å². The van der Waals surface area contributed by atoms with Crippen molar-refractivity contribution in [3.63, 3.8) is 0 Å². The third-order valence-electron chi connectivity index (χ3n) is 2.82. The minimum Gasteiger partial charge on any atom is -0.748 e. The standard InChI is InChI=1S/C11H9.C5H5.C4H5N.Ti/c1-2-6-10(7-3-1)11-8-4-5-9-11;2*1-2-4-5-3-1;/h1-9H;2*1-5H;/q-1;-5;;. The Morgan fingerprint density at radius 3 is 1.55 bits per heavy atom. The second kappa shape index (κ2) is 11.6. The molecular formula is C20H19NTi-6. The summed E-state index contributed by atoms with van der Waals surface area (Å²) in [5.74, 6) is 0. The summed E-state index contributed by atoms with van der Waals surface area (Å²) in [5.41, 5.74) is 2.59. The molecule has 0 saturated heterocycles. The summed E-state index contributed by atoms with van der Waals surface area (Å²) < 4.78 is 0. The smallest absolute Gasteiger partial charge is 0.000496 e. The number of hydrogen-bond acceptors (Lipinski definition) is 0. The maximum absolute atomic E-state index is 2.86. The Morgan fingerprint density at radius 2 is 1.14 bits per heavy atom. The van der Waals surface area contributed by atoms with Crippen molar-refractivity contribution in [3.05, 3.63) is 109 Å². The van der Waals surface area contributed by atoms with Gasteiger partial charge in [0.2, 0.25) is 0 Å². The summed E-state index contributed by atoms with van der Waals surface area (Å²) >= 11 is 0. The van der Waals surface area contributed by atoms with Crippen LogP contribution in [-0.4, -0.2) is 4.98 Å². The Bertz CT molecular complexity index is 574. The van der Waals surface area contributed by atoms with E-state index in [1.807, 2.05) is 60.9 Å². The van der Waals surface area contributed by atoms with E-state index in [4.69, 9.17) is 0 Å². The predicted molar refractivity (Wildman–Crippen MR) is 90.3 cm³/mol. The Morgan fingerprint density at radius 1 is 0.636 bits per heavy atom. The summed E-state index contributed by atoms with van der Waals surface area (Å²) in [4.78, 5) is 2.86. The average molecular weight is 321 g/mol. The first-order valence-electron chi connectivity index (χ1n) is 6.98. The fourth-order valence-corrected chi connectivity index (χ4v) is 1.80. The van der Waals surface area contributed by atoms with Crippen molar-refractivity contribution in [3.8, 4) is 11.1 Å². The van der Waals surface area contributed by atoms with Gasteiger partial charge in [0.15, 0.2) is 0 Å². The number of rotatable bonds is 1. The van der Waals surface area contributed by atoms with Gasteiger partial charge in [-0.2, -0.15) is 12.1 Å². The van der Waals surface area contributed by atoms with Gasteiger partial charge in [-0.15, -0.1) is 29.8 Å². The Kier molecular flexibility index (Phi) is 9.44. The van der Waals surface area contributed by atoms with Gasteiger partial charge >= 0.3 is 0 Å². The summed E-state index contributed by atoms with van der Waals surface area (Å²) in [6.07, 6.45) is 3.75. The van der Waals surface area contributed by atoms with E-state index in [1.54, 1.807) is 0 Å². The SMILES string of the molecule is [Ti].[cH-]1[cH-][cH-][cH-][cH-]1.c1cc[nH]c1.c1ccc(-[c-]2cccc2)cc1. The normalized spacial score (nSPS) is 8.55. The first-order chi connectivity index (χ1) is 10.5. The molecule has 0 saturated carbocycles. The maximum atomic E-state index is 2.86. The number of aromatic amines is 1. The van der Waals surface area contributed by atoms with Crippen LogP contribution in [0, 0.1) is 0 Å². The molecule has 4 aromatic rings. The number of hydrogen-bond donors (Lipinski definition) is 1. The van der Waals surface area contributed by atoms with Gasteiger partial charge in [0.1, 0.15) is 0 Å². The van der Waals surface area contributed by atoms with Crippen molar-refractivity contribution < 1.29 is 21.7 Å². The zero-order chi connectivity index (χ0) is 14.6. The molecule has 3 aromatic carbocycles. The molecule has 0 atom stereocenters. The second-order valence-corrected chi connectivity index (χ2v) is 4.39. The molecule has 2 heteroatoms. The fraction of sp³-hybridized carbons (Fsp3) is 0. The van der Waals surface area contributed by atoms with E-state index >= 15 is 0 Å². The molecule has 0 spiro atoms. The predicted octanol–water partition coefficient (Wildman–Crippen LogP) is 5.49. The van der Waals surface area contributed by atoms with Gasteiger partial charge in [-0.3, -0.25) is 0 Å². The Labute approximate surface area is 147 Å². The molecule has 0 aliphatic heterocycles. The van der Waals surface area contributed by atoms with Crippen LogP contribution in [0.4, 0.5) is 0 Å². The summed E-state index contributed by atoms with van der Waals surface area (Å²) in [5, 5.41) is 0. The second-order valence-electron chi connectivity index (χ2n) is 4.39. The minimum atomic E-state index is 0. The van der Waals surface area contributed by atoms with Crippen LogP contribution in [0.3, 0.4) is 0 Å². The van der Waals surface area contributed by atoms with Crippen LogP contribution in [0.15, 0.2) is 109 Å². The van der Waals surface area contributed by atoms with E-state index in [1.165, 1.54) is 11.1 Å². The van der Waals surface area contributed by atoms with Gasteiger partial charge in [-0.05, 0) is 12.1 Å². The molecule has 0 unspecified atom stereocenters. The van der Waals surface area contributed by atoms with Crippen LogP contribution < -0.4 is 0 Å². The van der Waals surface area contributed by atoms with Gasteiger partial charge in [-0.25, -0.2) is 0 Å². The van der Waals surface area contributed by atoms with Gasteiger partial charge in [-0.1, -0.05) is 23.8 Å². The van der Waals surface area contributed by atoms with Crippen molar-refractivity contribution in [2.45, 2.75) is 0 Å². The van der Waals surface area contributed by atoms with Crippen LogP contribution in [-0.2, 0) is 21.7 Å². The molecule has 22 heavy (non-hydrogen) atoms. The molecule has 114 valence electrons. The molecule has 0 aliphatic carbocycles. The van der Waals surface area contributed by atoms with E-state index in [0.717, 1.165) is 0 Å². The zero-order valence-electron chi connectivity index (χ0n) is 12.4. The molecule has 0 radical (unpaired) electrons. The summed E-state index contributed by atoms with van der Waals surface area (Å²) in [6, 6.07) is 32.6. The van der Waals surface area contributed by atoms with Gasteiger partial charge in [0.05, 0.1) is 0 Å². The topological polar surface area (TPSA) is 15.8 Å². The quantitative estimate of drug-likeness (QED) is 0.352.